The van der Waals surface area contributed by atoms with Gasteiger partial charge >= 0.3 is 6.09 Å². The first-order chi connectivity index (χ1) is 13.4. The van der Waals surface area contributed by atoms with Gasteiger partial charge in [-0.05, 0) is 37.3 Å². The third-order valence-electron chi connectivity index (χ3n) is 4.52. The zero-order chi connectivity index (χ0) is 21.8. The van der Waals surface area contributed by atoms with E-state index in [1.165, 1.54) is 4.90 Å². The van der Waals surface area contributed by atoms with Gasteiger partial charge in [-0.3, -0.25) is 4.79 Å². The highest BCUT2D eigenvalue weighted by atomic mass is 16.6. The first-order valence-electron chi connectivity index (χ1n) is 9.83. The Morgan fingerprint density at radius 1 is 0.828 bits per heavy atom. The van der Waals surface area contributed by atoms with Crippen LogP contribution in [0.5, 0.6) is 0 Å². The van der Waals surface area contributed by atoms with Crippen molar-refractivity contribution >= 4 is 12.0 Å². The molecule has 0 saturated carbocycles. The Kier molecular flexibility index (Phi) is 6.85. The Morgan fingerprint density at radius 2 is 1.24 bits per heavy atom. The van der Waals surface area contributed by atoms with Crippen LogP contribution in [0.4, 0.5) is 4.79 Å². The summed E-state index contributed by atoms with van der Waals surface area (Å²) in [4.78, 5) is 27.9. The van der Waals surface area contributed by atoms with E-state index in [4.69, 9.17) is 10.5 Å². The summed E-state index contributed by atoms with van der Waals surface area (Å²) in [5.41, 5.74) is 6.63. The van der Waals surface area contributed by atoms with Crippen molar-refractivity contribution < 1.29 is 14.3 Å². The molecule has 0 bridgehead atoms. The number of hydrogen-bond donors (Lipinski definition) is 1. The quantitative estimate of drug-likeness (QED) is 0.797. The third kappa shape index (κ3) is 5.91. The molecule has 0 spiro atoms. The van der Waals surface area contributed by atoms with Crippen LogP contribution in [0.3, 0.4) is 0 Å². The van der Waals surface area contributed by atoms with Gasteiger partial charge in [-0.15, -0.1) is 0 Å². The Balaban J connectivity index is 2.64. The van der Waals surface area contributed by atoms with Crippen molar-refractivity contribution in [1.29, 1.82) is 0 Å². The van der Waals surface area contributed by atoms with Gasteiger partial charge in [-0.1, -0.05) is 81.4 Å². The second-order valence-corrected chi connectivity index (χ2v) is 9.26. The number of carbonyl (C=O) groups is 2. The average molecular weight is 397 g/mol. The summed E-state index contributed by atoms with van der Waals surface area (Å²) in [6.07, 6.45) is -0.708. The number of amides is 2. The van der Waals surface area contributed by atoms with Crippen molar-refractivity contribution in [3.05, 3.63) is 71.8 Å². The van der Waals surface area contributed by atoms with E-state index in [9.17, 15) is 9.59 Å². The molecule has 0 heterocycles. The van der Waals surface area contributed by atoms with Gasteiger partial charge in [0, 0.05) is 0 Å². The number of ether oxygens (including phenoxy) is 1. The van der Waals surface area contributed by atoms with E-state index in [-0.39, 0.29) is 0 Å². The highest BCUT2D eigenvalue weighted by molar-refractivity contribution is 5.96. The first-order valence-corrected chi connectivity index (χ1v) is 9.83. The zero-order valence-corrected chi connectivity index (χ0v) is 18.2. The smallest absolute Gasteiger partial charge is 0.417 e. The van der Waals surface area contributed by atoms with Crippen LogP contribution in [0, 0.1) is 5.41 Å². The van der Waals surface area contributed by atoms with E-state index >= 15 is 0 Å². The predicted molar refractivity (Wildman–Crippen MR) is 115 cm³/mol. The van der Waals surface area contributed by atoms with E-state index in [2.05, 4.69) is 0 Å². The number of nitrogens with two attached hydrogens (primary N) is 1. The van der Waals surface area contributed by atoms with Crippen molar-refractivity contribution in [3.8, 4) is 0 Å². The molecule has 0 saturated heterocycles. The van der Waals surface area contributed by atoms with Gasteiger partial charge in [0.25, 0.3) is 0 Å². The topological polar surface area (TPSA) is 72.6 Å². The number of rotatable bonds is 4. The molecule has 0 aliphatic carbocycles. The summed E-state index contributed by atoms with van der Waals surface area (Å²) in [6, 6.07) is 17.4. The minimum atomic E-state index is -0.870. The molecule has 2 amide bonds. The maximum Gasteiger partial charge on any atom is 0.417 e. The van der Waals surface area contributed by atoms with Crippen molar-refractivity contribution in [1.82, 2.24) is 4.90 Å². The summed E-state index contributed by atoms with van der Waals surface area (Å²) in [6.45, 7) is 11.0. The lowest BCUT2D eigenvalue weighted by Crippen LogP contribution is -2.54. The summed E-state index contributed by atoms with van der Waals surface area (Å²) < 4.78 is 5.62. The third-order valence-corrected chi connectivity index (χ3v) is 4.52. The summed E-state index contributed by atoms with van der Waals surface area (Å²) in [7, 11) is 0. The number of benzene rings is 2. The van der Waals surface area contributed by atoms with Gasteiger partial charge in [0.15, 0.2) is 0 Å². The van der Waals surface area contributed by atoms with Crippen LogP contribution in [0.1, 0.15) is 58.7 Å². The number of hydrogen-bond acceptors (Lipinski definition) is 4. The molecule has 2 rings (SSSR count). The van der Waals surface area contributed by atoms with E-state index in [1.807, 2.05) is 81.4 Å². The molecule has 2 aromatic rings. The number of imide groups is 1. The van der Waals surface area contributed by atoms with Crippen LogP contribution >= 0.6 is 0 Å². The Hall–Kier alpha value is -2.66. The van der Waals surface area contributed by atoms with Crippen LogP contribution in [0.25, 0.3) is 0 Å². The van der Waals surface area contributed by atoms with Crippen molar-refractivity contribution in [2.45, 2.75) is 59.2 Å². The van der Waals surface area contributed by atoms with Crippen molar-refractivity contribution in [2.75, 3.05) is 0 Å². The van der Waals surface area contributed by atoms with Gasteiger partial charge in [0.05, 0.1) is 12.1 Å². The molecule has 2 N–H and O–H groups in total. The van der Waals surface area contributed by atoms with E-state index in [1.54, 1.807) is 20.8 Å². The lowest BCUT2D eigenvalue weighted by molar-refractivity contribution is -0.135. The van der Waals surface area contributed by atoms with Crippen LogP contribution in [0.2, 0.25) is 0 Å². The Labute approximate surface area is 173 Å². The van der Waals surface area contributed by atoms with Crippen LogP contribution in [-0.4, -0.2) is 28.5 Å². The average Bonchev–Trinajstić information content (AvgIpc) is 2.64. The molecule has 29 heavy (non-hydrogen) atoms. The maximum absolute atomic E-state index is 13.5. The normalized spacial score (nSPS) is 13.1. The first kappa shape index (κ1) is 22.6. The largest absolute Gasteiger partial charge is 0.443 e. The fourth-order valence-electron chi connectivity index (χ4n) is 2.92. The number of nitrogens with zero attached hydrogens (tertiary/aromatic N) is 1. The SMILES string of the molecule is CC(C)(C)OC(=O)N(C(=O)C(N)C(C)(C)C)C(c1ccccc1)c1ccccc1. The van der Waals surface area contributed by atoms with Crippen LogP contribution in [-0.2, 0) is 9.53 Å². The molecule has 0 radical (unpaired) electrons. The molecule has 0 aromatic heterocycles. The summed E-state index contributed by atoms with van der Waals surface area (Å²) in [5.74, 6) is -0.468. The maximum atomic E-state index is 13.5. The lowest BCUT2D eigenvalue weighted by Gasteiger charge is -2.36. The van der Waals surface area contributed by atoms with Gasteiger partial charge in [-0.25, -0.2) is 9.69 Å². The Morgan fingerprint density at radius 3 is 1.59 bits per heavy atom. The summed E-state index contributed by atoms with van der Waals surface area (Å²) in [5, 5.41) is 0. The molecule has 1 unspecified atom stereocenters. The molecule has 0 fully saturated rings. The van der Waals surface area contributed by atoms with Gasteiger partial charge in [0.2, 0.25) is 5.91 Å². The molecular weight excluding hydrogens is 364 g/mol. The fourth-order valence-corrected chi connectivity index (χ4v) is 2.92. The molecule has 5 heteroatoms. The van der Waals surface area contributed by atoms with E-state index in [0.29, 0.717) is 0 Å². The zero-order valence-electron chi connectivity index (χ0n) is 18.2. The molecule has 2 aromatic carbocycles. The van der Waals surface area contributed by atoms with Gasteiger partial charge < -0.3 is 10.5 Å². The highest BCUT2D eigenvalue weighted by Gasteiger charge is 2.41. The lowest BCUT2D eigenvalue weighted by atomic mass is 9.85. The molecule has 1 atom stereocenters. The fraction of sp³-hybridized carbons (Fsp3) is 0.417. The molecular formula is C24H32N2O3. The minimum Gasteiger partial charge on any atom is -0.443 e. The van der Waals surface area contributed by atoms with Crippen molar-refractivity contribution in [2.24, 2.45) is 11.1 Å². The van der Waals surface area contributed by atoms with E-state index < -0.39 is 35.1 Å². The van der Waals surface area contributed by atoms with Crippen molar-refractivity contribution in [3.63, 3.8) is 0 Å². The van der Waals surface area contributed by atoms with Gasteiger partial charge in [-0.2, -0.15) is 0 Å². The predicted octanol–water partition coefficient (Wildman–Crippen LogP) is 4.91. The molecule has 0 aliphatic heterocycles. The van der Waals surface area contributed by atoms with Gasteiger partial charge in [0.1, 0.15) is 5.60 Å². The monoisotopic (exact) mass is 396 g/mol. The second-order valence-electron chi connectivity index (χ2n) is 9.26. The molecule has 0 aliphatic rings. The highest BCUT2D eigenvalue weighted by Crippen LogP contribution is 2.32. The standard InChI is InChI=1S/C24H32N2O3/c1-23(2,3)20(25)21(27)26(22(28)29-24(4,5)6)19(17-13-9-7-10-14-17)18-15-11-8-12-16-18/h7-16,19-20H,25H2,1-6H3. The Bertz CT molecular complexity index is 781. The number of carbonyl (C=O) groups excluding carboxylic acids is 2. The van der Waals surface area contributed by atoms with E-state index in [0.717, 1.165) is 11.1 Å². The van der Waals surface area contributed by atoms with Crippen LogP contribution < -0.4 is 5.73 Å². The van der Waals surface area contributed by atoms with Crippen LogP contribution in [0.15, 0.2) is 60.7 Å². The second kappa shape index (κ2) is 8.78. The minimum absolute atomic E-state index is 0.468. The summed E-state index contributed by atoms with van der Waals surface area (Å²) >= 11 is 0. The molecule has 5 nitrogen and oxygen atoms in total. The molecule has 156 valence electrons.